The van der Waals surface area contributed by atoms with Crippen molar-refractivity contribution >= 4 is 0 Å². The molecule has 1 aromatic rings. The Balaban J connectivity index is 2.05. The standard InChI is InChI=1S/C18H30N2O/c1-18(2)11-9-15(10-12-18)20(3)17(13-19)14-5-7-16(21-4)8-6-14/h5-8,15,17H,9-13,19H2,1-4H3. The Labute approximate surface area is 129 Å². The van der Waals surface area contributed by atoms with Crippen molar-refractivity contribution in [3.63, 3.8) is 0 Å². The number of hydrogen-bond donors (Lipinski definition) is 1. The maximum atomic E-state index is 6.06. The molecule has 0 spiro atoms. The van der Waals surface area contributed by atoms with Gasteiger partial charge in [-0.25, -0.2) is 0 Å². The Kier molecular flexibility index (Phi) is 5.28. The topological polar surface area (TPSA) is 38.5 Å². The van der Waals surface area contributed by atoms with Crippen LogP contribution in [0.5, 0.6) is 5.75 Å². The van der Waals surface area contributed by atoms with Crippen LogP contribution < -0.4 is 10.5 Å². The lowest BCUT2D eigenvalue weighted by atomic mass is 9.75. The fourth-order valence-electron chi connectivity index (χ4n) is 3.41. The Bertz CT molecular complexity index is 431. The van der Waals surface area contributed by atoms with Crippen LogP contribution in [-0.4, -0.2) is 31.6 Å². The molecular weight excluding hydrogens is 260 g/mol. The smallest absolute Gasteiger partial charge is 0.118 e. The van der Waals surface area contributed by atoms with E-state index in [2.05, 4.69) is 37.9 Å². The highest BCUT2D eigenvalue weighted by atomic mass is 16.5. The van der Waals surface area contributed by atoms with Crippen LogP contribution in [0.15, 0.2) is 24.3 Å². The highest BCUT2D eigenvalue weighted by Crippen LogP contribution is 2.38. The van der Waals surface area contributed by atoms with Crippen LogP contribution in [0.4, 0.5) is 0 Å². The molecule has 1 aliphatic carbocycles. The molecule has 0 aliphatic heterocycles. The summed E-state index contributed by atoms with van der Waals surface area (Å²) in [4.78, 5) is 2.48. The Morgan fingerprint density at radius 2 is 1.81 bits per heavy atom. The van der Waals surface area contributed by atoms with E-state index in [0.717, 1.165) is 5.75 Å². The molecule has 1 unspecified atom stereocenters. The lowest BCUT2D eigenvalue weighted by molar-refractivity contribution is 0.0966. The highest BCUT2D eigenvalue weighted by molar-refractivity contribution is 5.29. The summed E-state index contributed by atoms with van der Waals surface area (Å²) in [6, 6.07) is 9.26. The van der Waals surface area contributed by atoms with Crippen molar-refractivity contribution in [2.75, 3.05) is 20.7 Å². The van der Waals surface area contributed by atoms with E-state index in [1.54, 1.807) is 7.11 Å². The van der Waals surface area contributed by atoms with Gasteiger partial charge in [0.25, 0.3) is 0 Å². The second-order valence-corrected chi connectivity index (χ2v) is 7.09. The van der Waals surface area contributed by atoms with E-state index in [-0.39, 0.29) is 0 Å². The summed E-state index contributed by atoms with van der Waals surface area (Å²) in [5.41, 5.74) is 7.86. The number of rotatable bonds is 5. The summed E-state index contributed by atoms with van der Waals surface area (Å²) < 4.78 is 5.24. The second-order valence-electron chi connectivity index (χ2n) is 7.09. The lowest BCUT2D eigenvalue weighted by Gasteiger charge is -2.41. The van der Waals surface area contributed by atoms with Gasteiger partial charge in [0.05, 0.1) is 7.11 Å². The van der Waals surface area contributed by atoms with Gasteiger partial charge in [0, 0.05) is 18.6 Å². The molecular formula is C18H30N2O. The van der Waals surface area contributed by atoms with Gasteiger partial charge in [-0.2, -0.15) is 0 Å². The average Bonchev–Trinajstić information content (AvgIpc) is 2.48. The largest absolute Gasteiger partial charge is 0.497 e. The van der Waals surface area contributed by atoms with Crippen molar-refractivity contribution in [1.82, 2.24) is 4.90 Å². The summed E-state index contributed by atoms with van der Waals surface area (Å²) in [5, 5.41) is 0. The summed E-state index contributed by atoms with van der Waals surface area (Å²) in [6.45, 7) is 5.42. The summed E-state index contributed by atoms with van der Waals surface area (Å²) in [5.74, 6) is 0.900. The van der Waals surface area contributed by atoms with Crippen molar-refractivity contribution < 1.29 is 4.74 Å². The third-order valence-corrected chi connectivity index (χ3v) is 5.10. The molecule has 3 nitrogen and oxygen atoms in total. The van der Waals surface area contributed by atoms with E-state index in [4.69, 9.17) is 10.5 Å². The van der Waals surface area contributed by atoms with Gasteiger partial charge in [0.15, 0.2) is 0 Å². The Morgan fingerprint density at radius 1 is 1.24 bits per heavy atom. The van der Waals surface area contributed by atoms with E-state index < -0.39 is 0 Å². The van der Waals surface area contributed by atoms with Crippen LogP contribution >= 0.6 is 0 Å². The lowest BCUT2D eigenvalue weighted by Crippen LogP contribution is -2.41. The number of ether oxygens (including phenoxy) is 1. The molecule has 1 atom stereocenters. The van der Waals surface area contributed by atoms with Crippen molar-refractivity contribution in [2.45, 2.75) is 51.6 Å². The first-order valence-electron chi connectivity index (χ1n) is 8.03. The molecule has 0 aromatic heterocycles. The minimum Gasteiger partial charge on any atom is -0.497 e. The van der Waals surface area contributed by atoms with Crippen molar-refractivity contribution in [2.24, 2.45) is 11.1 Å². The van der Waals surface area contributed by atoms with Gasteiger partial charge >= 0.3 is 0 Å². The normalized spacial score (nSPS) is 20.5. The predicted molar refractivity (Wildman–Crippen MR) is 88.6 cm³/mol. The third kappa shape index (κ3) is 3.98. The Hall–Kier alpha value is -1.06. The Morgan fingerprint density at radius 3 is 2.29 bits per heavy atom. The van der Waals surface area contributed by atoms with Crippen LogP contribution in [-0.2, 0) is 0 Å². The zero-order valence-corrected chi connectivity index (χ0v) is 13.9. The summed E-state index contributed by atoms with van der Waals surface area (Å²) in [6.07, 6.45) is 5.16. The maximum absolute atomic E-state index is 6.06. The second kappa shape index (κ2) is 6.80. The molecule has 0 heterocycles. The van der Waals surface area contributed by atoms with E-state index in [1.165, 1.54) is 31.2 Å². The number of hydrogen-bond acceptors (Lipinski definition) is 3. The molecule has 1 fully saturated rings. The molecule has 3 heteroatoms. The van der Waals surface area contributed by atoms with Gasteiger partial charge in [-0.05, 0) is 55.8 Å². The monoisotopic (exact) mass is 290 g/mol. The van der Waals surface area contributed by atoms with Crippen molar-refractivity contribution in [3.8, 4) is 5.75 Å². The molecule has 21 heavy (non-hydrogen) atoms. The first-order chi connectivity index (χ1) is 9.96. The number of likely N-dealkylation sites (N-methyl/N-ethyl adjacent to an activating group) is 1. The van der Waals surface area contributed by atoms with E-state index >= 15 is 0 Å². The maximum Gasteiger partial charge on any atom is 0.118 e. The van der Waals surface area contributed by atoms with Gasteiger partial charge in [0.1, 0.15) is 5.75 Å². The number of benzene rings is 1. The van der Waals surface area contributed by atoms with Crippen LogP contribution in [0.2, 0.25) is 0 Å². The SMILES string of the molecule is COc1ccc(C(CN)N(C)C2CCC(C)(C)CC2)cc1. The van der Waals surface area contributed by atoms with Crippen LogP contribution in [0, 0.1) is 5.41 Å². The van der Waals surface area contributed by atoms with E-state index in [9.17, 15) is 0 Å². The van der Waals surface area contributed by atoms with Crippen molar-refractivity contribution in [1.29, 1.82) is 0 Å². The minimum atomic E-state index is 0.294. The zero-order chi connectivity index (χ0) is 15.5. The summed E-state index contributed by atoms with van der Waals surface area (Å²) >= 11 is 0. The van der Waals surface area contributed by atoms with E-state index in [1.807, 2.05) is 12.1 Å². The number of nitrogens with zero attached hydrogens (tertiary/aromatic N) is 1. The van der Waals surface area contributed by atoms with Gasteiger partial charge in [-0.15, -0.1) is 0 Å². The van der Waals surface area contributed by atoms with Gasteiger partial charge < -0.3 is 10.5 Å². The van der Waals surface area contributed by atoms with E-state index in [0.29, 0.717) is 24.0 Å². The molecule has 1 saturated carbocycles. The van der Waals surface area contributed by atoms with Crippen molar-refractivity contribution in [3.05, 3.63) is 29.8 Å². The molecule has 118 valence electrons. The van der Waals surface area contributed by atoms with Gasteiger partial charge in [-0.3, -0.25) is 4.90 Å². The molecule has 2 rings (SSSR count). The highest BCUT2D eigenvalue weighted by Gasteiger charge is 2.31. The van der Waals surface area contributed by atoms with Crippen LogP contribution in [0.25, 0.3) is 0 Å². The number of methoxy groups -OCH3 is 1. The fraction of sp³-hybridized carbons (Fsp3) is 0.667. The average molecular weight is 290 g/mol. The zero-order valence-electron chi connectivity index (χ0n) is 13.9. The summed E-state index contributed by atoms with van der Waals surface area (Å²) in [7, 11) is 3.93. The third-order valence-electron chi connectivity index (χ3n) is 5.10. The van der Waals surface area contributed by atoms with Gasteiger partial charge in [0.2, 0.25) is 0 Å². The molecule has 1 aromatic carbocycles. The van der Waals surface area contributed by atoms with Gasteiger partial charge in [-0.1, -0.05) is 26.0 Å². The molecule has 0 bridgehead atoms. The predicted octanol–water partition coefficient (Wildman–Crippen LogP) is 3.60. The van der Waals surface area contributed by atoms with Crippen LogP contribution in [0.1, 0.15) is 51.1 Å². The fourth-order valence-corrected chi connectivity index (χ4v) is 3.41. The molecule has 2 N–H and O–H groups in total. The number of nitrogens with two attached hydrogens (primary N) is 1. The first-order valence-corrected chi connectivity index (χ1v) is 8.03. The quantitative estimate of drug-likeness (QED) is 0.900. The molecule has 1 aliphatic rings. The first kappa shape index (κ1) is 16.3. The minimum absolute atomic E-state index is 0.294. The molecule has 0 radical (unpaired) electrons. The molecule has 0 amide bonds. The van der Waals surface area contributed by atoms with Crippen LogP contribution in [0.3, 0.4) is 0 Å². The molecule has 0 saturated heterocycles.